The number of amides is 1. The Kier molecular flexibility index (Phi) is 46.5. The van der Waals surface area contributed by atoms with Gasteiger partial charge in [-0.3, -0.25) is 0 Å². The Morgan fingerprint density at radius 1 is 0.415 bits per heavy atom. The summed E-state index contributed by atoms with van der Waals surface area (Å²) < 4.78 is 28.1. The van der Waals surface area contributed by atoms with Crippen LogP contribution in [0.5, 0.6) is 0 Å². The Morgan fingerprint density at radius 3 is 1.21 bits per heavy atom. The summed E-state index contributed by atoms with van der Waals surface area (Å²) in [6.07, 6.45) is 43.7. The van der Waals surface area contributed by atoms with Gasteiger partial charge < -0.3 is 29.0 Å². The fourth-order valence-electron chi connectivity index (χ4n) is 6.84. The predicted molar refractivity (Wildman–Crippen MR) is 226 cm³/mol. The number of hydrogen-bond acceptors (Lipinski definition) is 6. The number of ether oxygens (including phenoxy) is 5. The summed E-state index contributed by atoms with van der Waals surface area (Å²) in [6, 6.07) is 0. The third kappa shape index (κ3) is 45.4. The van der Waals surface area contributed by atoms with Crippen LogP contribution in [0.15, 0.2) is 0 Å². The van der Waals surface area contributed by atoms with Crippen LogP contribution in [0, 0.1) is 0 Å². The monoisotopic (exact) mass is 756 g/mol. The van der Waals surface area contributed by atoms with Crippen LogP contribution >= 0.6 is 0 Å². The summed E-state index contributed by atoms with van der Waals surface area (Å²) in [7, 11) is 1.66. The van der Waals surface area contributed by atoms with Gasteiger partial charge in [-0.2, -0.15) is 0 Å². The molecule has 0 rings (SSSR count). The first kappa shape index (κ1) is 52.1. The SMILES string of the molecule is CCCCCCCCCCCCCCCCCCOC[C@H](COC(=O)NCCCOCCOC)OCCCCCCCCCCCCCCCCCC. The molecule has 7 nitrogen and oxygen atoms in total. The van der Waals surface area contributed by atoms with Gasteiger partial charge in [-0.15, -0.1) is 0 Å². The third-order valence-electron chi connectivity index (χ3n) is 10.4. The normalized spacial score (nSPS) is 12.1. The van der Waals surface area contributed by atoms with Gasteiger partial charge in [0.05, 0.1) is 19.8 Å². The lowest BCUT2D eigenvalue weighted by Gasteiger charge is -2.18. The first-order valence-electron chi connectivity index (χ1n) is 23.4. The molecule has 1 amide bonds. The minimum Gasteiger partial charge on any atom is -0.447 e. The molecule has 53 heavy (non-hydrogen) atoms. The minimum absolute atomic E-state index is 0.216. The van der Waals surface area contributed by atoms with Gasteiger partial charge in [-0.05, 0) is 19.3 Å². The summed E-state index contributed by atoms with van der Waals surface area (Å²) in [5.74, 6) is 0. The molecule has 0 radical (unpaired) electrons. The highest BCUT2D eigenvalue weighted by Gasteiger charge is 2.13. The summed E-state index contributed by atoms with van der Waals surface area (Å²) in [6.45, 7) is 8.95. The lowest BCUT2D eigenvalue weighted by molar-refractivity contribution is -0.0468. The summed E-state index contributed by atoms with van der Waals surface area (Å²) in [4.78, 5) is 12.3. The maximum atomic E-state index is 12.3. The number of alkyl carbamates (subject to hydrolysis) is 1. The number of carbonyl (C=O) groups is 1. The molecule has 318 valence electrons. The van der Waals surface area contributed by atoms with Gasteiger partial charge in [0.2, 0.25) is 0 Å². The number of unbranched alkanes of at least 4 members (excludes halogenated alkanes) is 30. The number of rotatable bonds is 46. The Labute approximate surface area is 330 Å². The Hall–Kier alpha value is -0.890. The number of methoxy groups -OCH3 is 1. The van der Waals surface area contributed by atoms with Gasteiger partial charge in [0.25, 0.3) is 0 Å². The van der Waals surface area contributed by atoms with Crippen LogP contribution < -0.4 is 5.32 Å². The number of carbonyl (C=O) groups excluding carboxylic acids is 1. The van der Waals surface area contributed by atoms with E-state index in [0.717, 1.165) is 25.9 Å². The van der Waals surface area contributed by atoms with Gasteiger partial charge in [-0.25, -0.2) is 4.79 Å². The van der Waals surface area contributed by atoms with E-state index in [2.05, 4.69) is 19.2 Å². The topological polar surface area (TPSA) is 75.3 Å². The number of hydrogen-bond donors (Lipinski definition) is 1. The highest BCUT2D eigenvalue weighted by Crippen LogP contribution is 2.15. The molecule has 0 fully saturated rings. The summed E-state index contributed by atoms with van der Waals surface area (Å²) >= 11 is 0. The maximum absolute atomic E-state index is 12.3. The maximum Gasteiger partial charge on any atom is 0.407 e. The third-order valence-corrected chi connectivity index (χ3v) is 10.4. The van der Waals surface area contributed by atoms with E-state index in [4.69, 9.17) is 23.7 Å². The molecule has 0 spiro atoms. The molecule has 7 heteroatoms. The van der Waals surface area contributed by atoms with Crippen molar-refractivity contribution in [3.05, 3.63) is 0 Å². The van der Waals surface area contributed by atoms with Crippen molar-refractivity contribution >= 4 is 6.09 Å². The molecule has 0 aliphatic heterocycles. The van der Waals surface area contributed by atoms with Gasteiger partial charge in [0.15, 0.2) is 0 Å². The molecule has 0 aromatic heterocycles. The number of nitrogens with one attached hydrogen (secondary N) is 1. The Morgan fingerprint density at radius 2 is 0.792 bits per heavy atom. The van der Waals surface area contributed by atoms with E-state index in [9.17, 15) is 4.79 Å². The van der Waals surface area contributed by atoms with Crippen LogP contribution in [0.4, 0.5) is 4.79 Å². The van der Waals surface area contributed by atoms with Crippen molar-refractivity contribution in [3.63, 3.8) is 0 Å². The van der Waals surface area contributed by atoms with Crippen molar-refractivity contribution in [2.24, 2.45) is 0 Å². The van der Waals surface area contributed by atoms with Crippen LogP contribution in [0.2, 0.25) is 0 Å². The standard InChI is InChI=1S/C46H93NO6/c1-4-6-8-10-12-14-16-18-20-22-24-26-28-30-32-34-38-51-43-45(44-53-46(48)47-37-36-39-50-42-41-49-3)52-40-35-33-31-29-27-25-23-21-19-17-15-13-11-9-7-5-2/h45H,4-44H2,1-3H3,(H,47,48)/t45-/m1/s1. The smallest absolute Gasteiger partial charge is 0.407 e. The van der Waals surface area contributed by atoms with Gasteiger partial charge >= 0.3 is 6.09 Å². The molecule has 0 unspecified atom stereocenters. The van der Waals surface area contributed by atoms with Crippen LogP contribution in [-0.4, -0.2) is 72.1 Å². The molecule has 0 bridgehead atoms. The van der Waals surface area contributed by atoms with Gasteiger partial charge in [0, 0.05) is 33.5 Å². The molecule has 0 saturated carbocycles. The van der Waals surface area contributed by atoms with E-state index in [1.165, 1.54) is 193 Å². The van der Waals surface area contributed by atoms with E-state index in [1.807, 2.05) is 0 Å². The minimum atomic E-state index is -0.407. The Balaban J connectivity index is 3.96. The van der Waals surface area contributed by atoms with E-state index < -0.39 is 6.09 Å². The molecule has 0 aromatic rings. The van der Waals surface area contributed by atoms with E-state index in [1.54, 1.807) is 7.11 Å². The summed E-state index contributed by atoms with van der Waals surface area (Å²) in [5, 5.41) is 2.81. The second kappa shape index (κ2) is 47.3. The zero-order valence-corrected chi connectivity index (χ0v) is 36.0. The van der Waals surface area contributed by atoms with Gasteiger partial charge in [0.1, 0.15) is 12.7 Å². The Bertz CT molecular complexity index is 680. The average molecular weight is 756 g/mol. The molecule has 0 aliphatic rings. The predicted octanol–water partition coefficient (Wildman–Crippen LogP) is 13.7. The van der Waals surface area contributed by atoms with E-state index >= 15 is 0 Å². The van der Waals surface area contributed by atoms with E-state index in [-0.39, 0.29) is 12.7 Å². The fraction of sp³-hybridized carbons (Fsp3) is 0.978. The zero-order valence-electron chi connectivity index (χ0n) is 36.0. The quantitative estimate of drug-likeness (QED) is 0.0624. The average Bonchev–Trinajstić information content (AvgIpc) is 3.16. The van der Waals surface area contributed by atoms with Gasteiger partial charge in [-0.1, -0.05) is 206 Å². The molecule has 0 heterocycles. The van der Waals surface area contributed by atoms with Crippen LogP contribution in [0.1, 0.15) is 226 Å². The van der Waals surface area contributed by atoms with Crippen LogP contribution in [0.25, 0.3) is 0 Å². The second-order valence-corrected chi connectivity index (χ2v) is 15.7. The van der Waals surface area contributed by atoms with Crippen molar-refractivity contribution in [1.29, 1.82) is 0 Å². The van der Waals surface area contributed by atoms with Crippen molar-refractivity contribution in [2.75, 3.05) is 59.9 Å². The second-order valence-electron chi connectivity index (χ2n) is 15.7. The highest BCUT2D eigenvalue weighted by atomic mass is 16.6. The largest absolute Gasteiger partial charge is 0.447 e. The molecular weight excluding hydrogens is 663 g/mol. The fourth-order valence-corrected chi connectivity index (χ4v) is 6.84. The highest BCUT2D eigenvalue weighted by molar-refractivity contribution is 5.67. The summed E-state index contributed by atoms with van der Waals surface area (Å²) in [5.41, 5.74) is 0. The molecule has 0 saturated heterocycles. The van der Waals surface area contributed by atoms with Crippen molar-refractivity contribution < 1.29 is 28.5 Å². The van der Waals surface area contributed by atoms with E-state index in [0.29, 0.717) is 39.6 Å². The zero-order chi connectivity index (χ0) is 38.4. The van der Waals surface area contributed by atoms with Crippen LogP contribution in [0.3, 0.4) is 0 Å². The molecule has 0 aliphatic carbocycles. The van der Waals surface area contributed by atoms with Crippen molar-refractivity contribution in [1.82, 2.24) is 5.32 Å². The first-order valence-corrected chi connectivity index (χ1v) is 23.4. The lowest BCUT2D eigenvalue weighted by atomic mass is 10.0. The van der Waals surface area contributed by atoms with Crippen molar-refractivity contribution in [3.8, 4) is 0 Å². The molecule has 1 N–H and O–H groups in total. The van der Waals surface area contributed by atoms with Crippen molar-refractivity contribution in [2.45, 2.75) is 232 Å². The van der Waals surface area contributed by atoms with Crippen LogP contribution in [-0.2, 0) is 23.7 Å². The first-order chi connectivity index (χ1) is 26.2. The molecule has 0 aromatic carbocycles. The molecule has 1 atom stereocenters. The lowest BCUT2D eigenvalue weighted by Crippen LogP contribution is -2.32. The molecular formula is C46H93NO6.